The zero-order valence-electron chi connectivity index (χ0n) is 18.8. The van der Waals surface area contributed by atoms with Crippen molar-refractivity contribution in [1.29, 1.82) is 0 Å². The van der Waals surface area contributed by atoms with Crippen LogP contribution in [0.5, 0.6) is 0 Å². The average Bonchev–Trinajstić information content (AvgIpc) is 3.25. The highest BCUT2D eigenvalue weighted by molar-refractivity contribution is 7.89. The van der Waals surface area contributed by atoms with E-state index in [0.29, 0.717) is 50.2 Å². The third kappa shape index (κ3) is 5.35. The first-order chi connectivity index (χ1) is 15.7. The fraction of sp³-hybridized carbons (Fsp3) is 0.571. The van der Waals surface area contributed by atoms with Gasteiger partial charge in [0.05, 0.1) is 24.2 Å². The van der Waals surface area contributed by atoms with Crippen LogP contribution in [0.2, 0.25) is 0 Å². The molecule has 1 aromatic carbocycles. The second kappa shape index (κ2) is 10.6. The van der Waals surface area contributed by atoms with Gasteiger partial charge in [-0.05, 0) is 37.0 Å². The van der Waals surface area contributed by atoms with Crippen LogP contribution in [0.1, 0.15) is 25.3 Å². The Morgan fingerprint density at radius 1 is 1.33 bits per heavy atom. The van der Waals surface area contributed by atoms with E-state index in [9.17, 15) is 22.8 Å². The van der Waals surface area contributed by atoms with Crippen molar-refractivity contribution < 1.29 is 32.3 Å². The molecule has 2 atom stereocenters. The number of sulfonamides is 1. The van der Waals surface area contributed by atoms with Gasteiger partial charge in [0, 0.05) is 25.9 Å². The summed E-state index contributed by atoms with van der Waals surface area (Å²) in [5.41, 5.74) is 6.29. The maximum atomic E-state index is 13.3. The molecule has 0 unspecified atom stereocenters. The number of hydrogen-bond donors (Lipinski definition) is 2. The lowest BCUT2D eigenvalue weighted by Gasteiger charge is -2.30. The number of nitrogens with one attached hydrogen (secondary N) is 1. The maximum absolute atomic E-state index is 13.3. The Hall–Kier alpha value is -2.54. The van der Waals surface area contributed by atoms with E-state index in [1.807, 2.05) is 0 Å². The number of morpholine rings is 1. The molecule has 2 aliphatic heterocycles. The number of amides is 3. The van der Waals surface area contributed by atoms with E-state index in [-0.39, 0.29) is 30.1 Å². The van der Waals surface area contributed by atoms with Crippen LogP contribution in [0.3, 0.4) is 0 Å². The number of primary amides is 1. The van der Waals surface area contributed by atoms with Gasteiger partial charge in [0.2, 0.25) is 15.9 Å². The Labute approximate surface area is 193 Å². The average molecular weight is 483 g/mol. The molecular formula is C21H30N4O7S. The Balaban J connectivity index is 1.92. The molecule has 11 nitrogen and oxygen atoms in total. The summed E-state index contributed by atoms with van der Waals surface area (Å²) in [4.78, 5) is 40.3. The molecule has 12 heteroatoms. The Morgan fingerprint density at radius 2 is 2.09 bits per heavy atom. The van der Waals surface area contributed by atoms with Gasteiger partial charge < -0.3 is 25.0 Å². The van der Waals surface area contributed by atoms with Crippen LogP contribution in [0.25, 0.3) is 0 Å². The van der Waals surface area contributed by atoms with Crippen molar-refractivity contribution in [1.82, 2.24) is 9.62 Å². The molecule has 0 saturated carbocycles. The van der Waals surface area contributed by atoms with Gasteiger partial charge in [0.1, 0.15) is 6.61 Å². The Morgan fingerprint density at radius 3 is 2.73 bits per heavy atom. The normalized spacial score (nSPS) is 20.2. The molecule has 3 amide bonds. The minimum atomic E-state index is -4.33. The lowest BCUT2D eigenvalue weighted by atomic mass is 10.1. The van der Waals surface area contributed by atoms with Crippen molar-refractivity contribution >= 4 is 33.4 Å². The van der Waals surface area contributed by atoms with Gasteiger partial charge in [-0.15, -0.1) is 0 Å². The van der Waals surface area contributed by atoms with Crippen molar-refractivity contribution in [2.45, 2.75) is 43.2 Å². The Bertz CT molecular complexity index is 1010. The summed E-state index contributed by atoms with van der Waals surface area (Å²) >= 11 is 0. The molecule has 0 bridgehead atoms. The fourth-order valence-electron chi connectivity index (χ4n) is 4.29. The monoisotopic (exact) mass is 482 g/mol. The summed E-state index contributed by atoms with van der Waals surface area (Å²) in [6.07, 6.45) is 1.70. The van der Waals surface area contributed by atoms with Crippen molar-refractivity contribution in [3.63, 3.8) is 0 Å². The van der Waals surface area contributed by atoms with E-state index in [0.717, 1.165) is 0 Å². The standard InChI is InChI=1S/C21H30N4O7S/c1-3-15-16(25-10-11-32-13-18(25)26)7-4-8-17(15)33(29,30)23-19(20(22)27)21(28)24-9-5-6-14(24)12-31-2/h4,7-8,14,19,23H,3,5-6,9-13H2,1-2H3,(H2,22,27)/t14-,19+/m1/s1. The van der Waals surface area contributed by atoms with Crippen molar-refractivity contribution in [2.24, 2.45) is 5.73 Å². The summed E-state index contributed by atoms with van der Waals surface area (Å²) in [5, 5.41) is 0. The van der Waals surface area contributed by atoms with E-state index in [2.05, 4.69) is 4.72 Å². The molecule has 33 heavy (non-hydrogen) atoms. The van der Waals surface area contributed by atoms with Crippen LogP contribution in [-0.4, -0.2) is 83.1 Å². The second-order valence-electron chi connectivity index (χ2n) is 7.95. The number of methoxy groups -OCH3 is 1. The molecular weight excluding hydrogens is 452 g/mol. The van der Waals surface area contributed by atoms with Gasteiger partial charge >= 0.3 is 0 Å². The van der Waals surface area contributed by atoms with Gasteiger partial charge in [-0.2, -0.15) is 4.72 Å². The number of nitrogens with two attached hydrogens (primary N) is 1. The number of carbonyl (C=O) groups is 3. The van der Waals surface area contributed by atoms with Crippen LogP contribution in [0, 0.1) is 0 Å². The SMILES string of the molecule is CCc1c(N2CCOCC2=O)cccc1S(=O)(=O)N[C@@H](C(N)=O)C(=O)N1CCC[C@@H]1COC. The zero-order chi connectivity index (χ0) is 24.2. The molecule has 2 aliphatic rings. The van der Waals surface area contributed by atoms with Crippen molar-refractivity contribution in [3.8, 4) is 0 Å². The highest BCUT2D eigenvalue weighted by Crippen LogP contribution is 2.29. The van der Waals surface area contributed by atoms with Crippen LogP contribution < -0.4 is 15.4 Å². The number of benzene rings is 1. The summed E-state index contributed by atoms with van der Waals surface area (Å²) in [6, 6.07) is 2.54. The summed E-state index contributed by atoms with van der Waals surface area (Å²) < 4.78 is 39.2. The topological polar surface area (TPSA) is 148 Å². The Kier molecular flexibility index (Phi) is 8.05. The van der Waals surface area contributed by atoms with Crippen LogP contribution in [-0.2, 0) is 40.3 Å². The minimum absolute atomic E-state index is 0.0882. The van der Waals surface area contributed by atoms with E-state index < -0.39 is 27.9 Å². The molecule has 2 saturated heterocycles. The molecule has 1 aromatic rings. The molecule has 3 N–H and O–H groups in total. The van der Waals surface area contributed by atoms with E-state index in [1.165, 1.54) is 29.0 Å². The highest BCUT2D eigenvalue weighted by atomic mass is 32.2. The van der Waals surface area contributed by atoms with Gasteiger partial charge in [-0.25, -0.2) is 8.42 Å². The molecule has 0 aliphatic carbocycles. The predicted octanol–water partition coefficient (Wildman–Crippen LogP) is -0.618. The van der Waals surface area contributed by atoms with E-state index in [1.54, 1.807) is 13.0 Å². The molecule has 0 aromatic heterocycles. The quantitative estimate of drug-likeness (QED) is 0.446. The molecule has 2 heterocycles. The number of ether oxygens (including phenoxy) is 2. The lowest BCUT2D eigenvalue weighted by Crippen LogP contribution is -2.56. The second-order valence-corrected chi connectivity index (χ2v) is 9.63. The summed E-state index contributed by atoms with van der Waals surface area (Å²) in [5.74, 6) is -2.07. The van der Waals surface area contributed by atoms with Gasteiger partial charge in [-0.1, -0.05) is 13.0 Å². The van der Waals surface area contributed by atoms with Crippen molar-refractivity contribution in [3.05, 3.63) is 23.8 Å². The largest absolute Gasteiger partial charge is 0.383 e. The number of carbonyl (C=O) groups excluding carboxylic acids is 3. The predicted molar refractivity (Wildman–Crippen MR) is 119 cm³/mol. The number of rotatable bonds is 9. The smallest absolute Gasteiger partial charge is 0.253 e. The number of anilines is 1. The van der Waals surface area contributed by atoms with E-state index >= 15 is 0 Å². The minimum Gasteiger partial charge on any atom is -0.383 e. The molecule has 3 rings (SSSR count). The van der Waals surface area contributed by atoms with E-state index in [4.69, 9.17) is 15.2 Å². The number of hydrogen-bond acceptors (Lipinski definition) is 7. The fourth-order valence-corrected chi connectivity index (χ4v) is 5.78. The highest BCUT2D eigenvalue weighted by Gasteiger charge is 2.39. The van der Waals surface area contributed by atoms with Gasteiger partial charge in [0.25, 0.3) is 11.8 Å². The molecule has 2 fully saturated rings. The van der Waals surface area contributed by atoms with Crippen LogP contribution >= 0.6 is 0 Å². The summed E-state index contributed by atoms with van der Waals surface area (Å²) in [7, 11) is -2.82. The van der Waals surface area contributed by atoms with Gasteiger partial charge in [0.15, 0.2) is 6.04 Å². The van der Waals surface area contributed by atoms with Crippen molar-refractivity contribution in [2.75, 3.05) is 44.9 Å². The third-order valence-corrected chi connectivity index (χ3v) is 7.36. The third-order valence-electron chi connectivity index (χ3n) is 5.85. The molecule has 182 valence electrons. The summed E-state index contributed by atoms with van der Waals surface area (Å²) in [6.45, 7) is 2.96. The molecule has 0 spiro atoms. The van der Waals surface area contributed by atoms with Crippen LogP contribution in [0.15, 0.2) is 23.1 Å². The lowest BCUT2D eigenvalue weighted by molar-refractivity contribution is -0.139. The first-order valence-electron chi connectivity index (χ1n) is 10.8. The first-order valence-corrected chi connectivity index (χ1v) is 12.3. The zero-order valence-corrected chi connectivity index (χ0v) is 19.6. The number of nitrogens with zero attached hydrogens (tertiary/aromatic N) is 2. The maximum Gasteiger partial charge on any atom is 0.253 e. The van der Waals surface area contributed by atoms with Crippen LogP contribution in [0.4, 0.5) is 5.69 Å². The van der Waals surface area contributed by atoms with Gasteiger partial charge in [-0.3, -0.25) is 14.4 Å². The number of likely N-dealkylation sites (tertiary alicyclic amines) is 1. The molecule has 0 radical (unpaired) electrons. The first kappa shape index (κ1) is 25.1.